The zero-order chi connectivity index (χ0) is 10.4. The Hall–Kier alpha value is -1.31. The lowest BCUT2D eigenvalue weighted by Gasteiger charge is -2.01. The fraction of sp³-hybridized carbons (Fsp3) is 0.417. The van der Waals surface area contributed by atoms with Gasteiger partial charge in [-0.1, -0.05) is 31.9 Å². The Morgan fingerprint density at radius 3 is 2.79 bits per heavy atom. The molecule has 76 valence electrons. The fourth-order valence-corrected chi connectivity index (χ4v) is 1.44. The second kappa shape index (κ2) is 5.43. The molecule has 0 aliphatic carbocycles. The van der Waals surface area contributed by atoms with Gasteiger partial charge in [-0.05, 0) is 30.5 Å². The molecule has 0 saturated carbocycles. The van der Waals surface area contributed by atoms with Crippen LogP contribution in [0.5, 0.6) is 0 Å². The molecule has 0 aliphatic heterocycles. The molecule has 0 spiro atoms. The van der Waals surface area contributed by atoms with Crippen LogP contribution in [-0.2, 0) is 6.42 Å². The number of hydrogen-bond acceptors (Lipinski definition) is 1. The molecule has 1 rings (SSSR count). The Morgan fingerprint density at radius 2 is 2.14 bits per heavy atom. The molecule has 2 heteroatoms. The Balaban J connectivity index is 2.59. The number of carboxylic acid groups (broad SMARTS) is 1. The van der Waals surface area contributed by atoms with Gasteiger partial charge in [-0.25, -0.2) is 4.79 Å². The van der Waals surface area contributed by atoms with E-state index in [4.69, 9.17) is 5.11 Å². The molecule has 14 heavy (non-hydrogen) atoms. The maximum Gasteiger partial charge on any atom is 0.335 e. The van der Waals surface area contributed by atoms with E-state index in [0.717, 1.165) is 18.4 Å². The van der Waals surface area contributed by atoms with Gasteiger partial charge < -0.3 is 5.11 Å². The molecule has 1 aromatic rings. The highest BCUT2D eigenvalue weighted by molar-refractivity contribution is 5.87. The average Bonchev–Trinajstić information content (AvgIpc) is 2.19. The van der Waals surface area contributed by atoms with Crippen LogP contribution in [0.4, 0.5) is 0 Å². The minimum Gasteiger partial charge on any atom is -0.478 e. The predicted octanol–water partition coefficient (Wildman–Crippen LogP) is 3.12. The van der Waals surface area contributed by atoms with Crippen LogP contribution in [0, 0.1) is 0 Å². The van der Waals surface area contributed by atoms with E-state index >= 15 is 0 Å². The number of hydrogen-bond donors (Lipinski definition) is 1. The Bertz CT molecular complexity index is 305. The van der Waals surface area contributed by atoms with E-state index in [2.05, 4.69) is 6.92 Å². The fourth-order valence-electron chi connectivity index (χ4n) is 1.44. The van der Waals surface area contributed by atoms with Gasteiger partial charge in [-0.15, -0.1) is 0 Å². The summed E-state index contributed by atoms with van der Waals surface area (Å²) in [6.07, 6.45) is 4.52. The van der Waals surface area contributed by atoms with Crippen molar-refractivity contribution in [3.63, 3.8) is 0 Å². The maximum absolute atomic E-state index is 10.7. The minimum atomic E-state index is -0.845. The third-order valence-corrected chi connectivity index (χ3v) is 2.24. The van der Waals surface area contributed by atoms with Gasteiger partial charge >= 0.3 is 5.97 Å². The van der Waals surface area contributed by atoms with Gasteiger partial charge in [0.25, 0.3) is 0 Å². The van der Waals surface area contributed by atoms with E-state index in [-0.39, 0.29) is 0 Å². The van der Waals surface area contributed by atoms with Crippen LogP contribution in [0.25, 0.3) is 0 Å². The highest BCUT2D eigenvalue weighted by atomic mass is 16.4. The van der Waals surface area contributed by atoms with Crippen molar-refractivity contribution in [2.24, 2.45) is 0 Å². The van der Waals surface area contributed by atoms with Gasteiger partial charge in [-0.3, -0.25) is 0 Å². The molecular weight excluding hydrogens is 176 g/mol. The first-order valence-corrected chi connectivity index (χ1v) is 5.06. The second-order valence-corrected chi connectivity index (χ2v) is 3.46. The van der Waals surface area contributed by atoms with E-state index in [1.54, 1.807) is 12.1 Å². The smallest absolute Gasteiger partial charge is 0.335 e. The van der Waals surface area contributed by atoms with Crippen LogP contribution in [-0.4, -0.2) is 11.1 Å². The molecule has 0 amide bonds. The molecule has 0 atom stereocenters. The van der Waals surface area contributed by atoms with Crippen LogP contribution in [0.3, 0.4) is 0 Å². The number of aromatic carboxylic acids is 1. The SMILES string of the molecule is CCCCCc1cccc(C(=O)O)c1. The summed E-state index contributed by atoms with van der Waals surface area (Å²) in [6, 6.07) is 7.19. The number of unbranched alkanes of at least 4 members (excludes halogenated alkanes) is 2. The topological polar surface area (TPSA) is 37.3 Å². The molecule has 0 aromatic heterocycles. The molecule has 0 aliphatic rings. The van der Waals surface area contributed by atoms with E-state index in [1.807, 2.05) is 12.1 Å². The molecule has 0 radical (unpaired) electrons. The molecule has 0 saturated heterocycles. The van der Waals surface area contributed by atoms with Crippen molar-refractivity contribution in [1.29, 1.82) is 0 Å². The molecule has 1 aromatic carbocycles. The summed E-state index contributed by atoms with van der Waals surface area (Å²) in [6.45, 7) is 2.16. The molecule has 0 bridgehead atoms. The first-order chi connectivity index (χ1) is 6.74. The highest BCUT2D eigenvalue weighted by Gasteiger charge is 2.02. The summed E-state index contributed by atoms with van der Waals surface area (Å²) in [5, 5.41) is 8.78. The monoisotopic (exact) mass is 192 g/mol. The van der Waals surface area contributed by atoms with Crippen molar-refractivity contribution in [2.75, 3.05) is 0 Å². The van der Waals surface area contributed by atoms with Crippen molar-refractivity contribution in [2.45, 2.75) is 32.6 Å². The van der Waals surface area contributed by atoms with E-state index in [9.17, 15) is 4.79 Å². The van der Waals surface area contributed by atoms with Gasteiger partial charge in [0.1, 0.15) is 0 Å². The van der Waals surface area contributed by atoms with Crippen LogP contribution in [0.2, 0.25) is 0 Å². The number of rotatable bonds is 5. The Morgan fingerprint density at radius 1 is 1.36 bits per heavy atom. The van der Waals surface area contributed by atoms with E-state index < -0.39 is 5.97 Å². The van der Waals surface area contributed by atoms with Crippen molar-refractivity contribution in [3.05, 3.63) is 35.4 Å². The summed E-state index contributed by atoms with van der Waals surface area (Å²) in [4.78, 5) is 10.7. The second-order valence-electron chi connectivity index (χ2n) is 3.46. The molecule has 0 unspecified atom stereocenters. The average molecular weight is 192 g/mol. The van der Waals surface area contributed by atoms with Crippen LogP contribution < -0.4 is 0 Å². The van der Waals surface area contributed by atoms with Gasteiger partial charge in [-0.2, -0.15) is 0 Å². The molecule has 0 fully saturated rings. The van der Waals surface area contributed by atoms with Crippen molar-refractivity contribution >= 4 is 5.97 Å². The predicted molar refractivity (Wildman–Crippen MR) is 56.6 cm³/mol. The van der Waals surface area contributed by atoms with Gasteiger partial charge in [0.05, 0.1) is 5.56 Å². The third-order valence-electron chi connectivity index (χ3n) is 2.24. The number of carbonyl (C=O) groups is 1. The molecular formula is C12H16O2. The zero-order valence-electron chi connectivity index (χ0n) is 8.49. The van der Waals surface area contributed by atoms with Gasteiger partial charge in [0, 0.05) is 0 Å². The number of aryl methyl sites for hydroxylation is 1. The first-order valence-electron chi connectivity index (χ1n) is 5.06. The first kappa shape index (κ1) is 10.8. The summed E-state index contributed by atoms with van der Waals surface area (Å²) < 4.78 is 0. The van der Waals surface area contributed by atoms with Gasteiger partial charge in [0.15, 0.2) is 0 Å². The Kier molecular flexibility index (Phi) is 4.17. The number of carboxylic acids is 1. The van der Waals surface area contributed by atoms with Crippen LogP contribution in [0.15, 0.2) is 24.3 Å². The van der Waals surface area contributed by atoms with Crippen molar-refractivity contribution < 1.29 is 9.90 Å². The Labute approximate surface area is 84.6 Å². The highest BCUT2D eigenvalue weighted by Crippen LogP contribution is 2.09. The largest absolute Gasteiger partial charge is 0.478 e. The molecule has 1 N–H and O–H groups in total. The lowest BCUT2D eigenvalue weighted by atomic mass is 10.0. The maximum atomic E-state index is 10.7. The summed E-state index contributed by atoms with van der Waals surface area (Å²) in [7, 11) is 0. The summed E-state index contributed by atoms with van der Waals surface area (Å²) in [5.74, 6) is -0.845. The normalized spacial score (nSPS) is 10.1. The lowest BCUT2D eigenvalue weighted by Crippen LogP contribution is -1.97. The van der Waals surface area contributed by atoms with E-state index in [0.29, 0.717) is 5.56 Å². The molecule has 2 nitrogen and oxygen atoms in total. The van der Waals surface area contributed by atoms with Crippen LogP contribution in [0.1, 0.15) is 42.1 Å². The zero-order valence-corrected chi connectivity index (χ0v) is 8.49. The minimum absolute atomic E-state index is 0.388. The van der Waals surface area contributed by atoms with Crippen LogP contribution >= 0.6 is 0 Å². The summed E-state index contributed by atoms with van der Waals surface area (Å²) >= 11 is 0. The standard InChI is InChI=1S/C12H16O2/c1-2-3-4-6-10-7-5-8-11(9-10)12(13)14/h5,7-9H,2-4,6H2,1H3,(H,13,14). The quantitative estimate of drug-likeness (QED) is 0.728. The summed E-state index contributed by atoms with van der Waals surface area (Å²) in [5.41, 5.74) is 1.51. The van der Waals surface area contributed by atoms with E-state index in [1.165, 1.54) is 12.8 Å². The number of benzene rings is 1. The van der Waals surface area contributed by atoms with Gasteiger partial charge in [0.2, 0.25) is 0 Å². The third kappa shape index (κ3) is 3.21. The molecule has 0 heterocycles. The van der Waals surface area contributed by atoms with Crippen molar-refractivity contribution in [1.82, 2.24) is 0 Å². The van der Waals surface area contributed by atoms with Crippen molar-refractivity contribution in [3.8, 4) is 0 Å². The lowest BCUT2D eigenvalue weighted by molar-refractivity contribution is 0.0697.